The first-order valence-corrected chi connectivity index (χ1v) is 5.03. The highest BCUT2D eigenvalue weighted by Gasteiger charge is 2.37. The summed E-state index contributed by atoms with van der Waals surface area (Å²) in [6.07, 6.45) is 4.14. The average Bonchev–Trinajstić information content (AvgIpc) is 2.06. The van der Waals surface area contributed by atoms with Gasteiger partial charge in [-0.1, -0.05) is 32.4 Å². The van der Waals surface area contributed by atoms with Crippen molar-refractivity contribution in [2.45, 2.75) is 40.5 Å². The minimum Gasteiger partial charge on any atom is -0.198 e. The van der Waals surface area contributed by atoms with Gasteiger partial charge in [-0.3, -0.25) is 0 Å². The molecule has 0 aromatic carbocycles. The van der Waals surface area contributed by atoms with Crippen LogP contribution >= 0.6 is 0 Å². The minimum atomic E-state index is 0.286. The van der Waals surface area contributed by atoms with Crippen molar-refractivity contribution >= 4 is 0 Å². The van der Waals surface area contributed by atoms with Gasteiger partial charge in [-0.2, -0.15) is 5.26 Å². The third-order valence-corrected chi connectivity index (χ3v) is 3.81. The Hall–Kier alpha value is -0.770. The molecule has 0 heterocycles. The zero-order chi connectivity index (χ0) is 10.1. The molecule has 0 aromatic heterocycles. The van der Waals surface area contributed by atoms with E-state index in [1.165, 1.54) is 12.0 Å². The lowest BCUT2D eigenvalue weighted by atomic mass is 9.62. The van der Waals surface area contributed by atoms with E-state index in [1.807, 2.05) is 0 Å². The Morgan fingerprint density at radius 3 is 2.77 bits per heavy atom. The van der Waals surface area contributed by atoms with Gasteiger partial charge in [0.15, 0.2) is 0 Å². The van der Waals surface area contributed by atoms with Gasteiger partial charge in [-0.05, 0) is 30.6 Å². The summed E-state index contributed by atoms with van der Waals surface area (Å²) in [5.74, 6) is 1.15. The average molecular weight is 177 g/mol. The van der Waals surface area contributed by atoms with E-state index in [9.17, 15) is 0 Å². The molecule has 13 heavy (non-hydrogen) atoms. The van der Waals surface area contributed by atoms with Gasteiger partial charge in [0.2, 0.25) is 0 Å². The van der Waals surface area contributed by atoms with E-state index < -0.39 is 0 Å². The van der Waals surface area contributed by atoms with E-state index in [2.05, 4.69) is 39.8 Å². The van der Waals surface area contributed by atoms with Crippen LogP contribution in [0.5, 0.6) is 0 Å². The van der Waals surface area contributed by atoms with E-state index >= 15 is 0 Å². The Morgan fingerprint density at radius 1 is 1.62 bits per heavy atom. The molecule has 0 amide bonds. The largest absolute Gasteiger partial charge is 0.198 e. The van der Waals surface area contributed by atoms with Crippen LogP contribution in [0.3, 0.4) is 0 Å². The van der Waals surface area contributed by atoms with Crippen LogP contribution in [-0.4, -0.2) is 0 Å². The lowest BCUT2D eigenvalue weighted by Crippen LogP contribution is -2.34. The van der Waals surface area contributed by atoms with Gasteiger partial charge in [0.25, 0.3) is 0 Å². The van der Waals surface area contributed by atoms with Crippen molar-refractivity contribution < 1.29 is 0 Å². The molecule has 1 aliphatic rings. The van der Waals surface area contributed by atoms with Crippen molar-refractivity contribution in [2.24, 2.45) is 17.3 Å². The number of hydrogen-bond acceptors (Lipinski definition) is 1. The molecule has 0 aliphatic heterocycles. The van der Waals surface area contributed by atoms with Gasteiger partial charge in [-0.15, -0.1) is 0 Å². The normalized spacial score (nSPS) is 32.1. The molecule has 1 rings (SSSR count). The fourth-order valence-electron chi connectivity index (χ4n) is 2.25. The molecule has 0 spiro atoms. The fraction of sp³-hybridized carbons (Fsp3) is 0.750. The van der Waals surface area contributed by atoms with E-state index in [1.54, 1.807) is 0 Å². The molecule has 0 fully saturated rings. The first kappa shape index (κ1) is 10.3. The number of nitrogens with zero attached hydrogens (tertiary/aromatic N) is 1. The first-order valence-electron chi connectivity index (χ1n) is 5.03. The van der Waals surface area contributed by atoms with Crippen molar-refractivity contribution in [3.05, 3.63) is 11.6 Å². The number of hydrogen-bond donors (Lipinski definition) is 0. The predicted octanol–water partition coefficient (Wildman–Crippen LogP) is 3.53. The first-order chi connectivity index (χ1) is 6.00. The molecule has 2 unspecified atom stereocenters. The van der Waals surface area contributed by atoms with Gasteiger partial charge >= 0.3 is 0 Å². The molecule has 2 atom stereocenters. The molecule has 72 valence electrons. The molecular formula is C12H19N. The van der Waals surface area contributed by atoms with Crippen LogP contribution in [0.15, 0.2) is 11.6 Å². The summed E-state index contributed by atoms with van der Waals surface area (Å²) in [7, 11) is 0. The highest BCUT2D eigenvalue weighted by Crippen LogP contribution is 2.46. The summed E-state index contributed by atoms with van der Waals surface area (Å²) in [5.41, 5.74) is 1.69. The summed E-state index contributed by atoms with van der Waals surface area (Å²) >= 11 is 0. The maximum Gasteiger partial charge on any atom is 0.0628 e. The van der Waals surface area contributed by atoms with Crippen molar-refractivity contribution in [3.8, 4) is 6.07 Å². The molecule has 0 N–H and O–H groups in total. The second kappa shape index (κ2) is 3.54. The Morgan fingerprint density at radius 2 is 2.23 bits per heavy atom. The molecule has 1 aliphatic carbocycles. The second-order valence-electron chi connectivity index (χ2n) is 4.82. The topological polar surface area (TPSA) is 23.8 Å². The number of allylic oxidation sites excluding steroid dienone is 2. The summed E-state index contributed by atoms with van der Waals surface area (Å²) < 4.78 is 0. The number of nitriles is 1. The van der Waals surface area contributed by atoms with Crippen LogP contribution in [0.25, 0.3) is 0 Å². The molecule has 0 aromatic rings. The predicted molar refractivity (Wildman–Crippen MR) is 55.0 cm³/mol. The fourth-order valence-corrected chi connectivity index (χ4v) is 2.25. The summed E-state index contributed by atoms with van der Waals surface area (Å²) in [6, 6.07) is 2.30. The van der Waals surface area contributed by atoms with Crippen molar-refractivity contribution in [3.63, 3.8) is 0 Å². The summed E-state index contributed by atoms with van der Waals surface area (Å²) in [6.45, 7) is 9.02. The molecule has 0 bridgehead atoms. The molecule has 0 saturated carbocycles. The van der Waals surface area contributed by atoms with Crippen molar-refractivity contribution in [2.75, 3.05) is 0 Å². The lowest BCUT2D eigenvalue weighted by Gasteiger charge is -2.42. The zero-order valence-corrected chi connectivity index (χ0v) is 9.09. The van der Waals surface area contributed by atoms with Crippen LogP contribution < -0.4 is 0 Å². The Balaban J connectivity index is 2.93. The van der Waals surface area contributed by atoms with Crippen molar-refractivity contribution in [1.82, 2.24) is 0 Å². The smallest absolute Gasteiger partial charge is 0.0628 e. The van der Waals surface area contributed by atoms with Crippen LogP contribution in [0, 0.1) is 28.6 Å². The second-order valence-corrected chi connectivity index (χ2v) is 4.82. The molecular weight excluding hydrogens is 158 g/mol. The molecule has 0 radical (unpaired) electrons. The van der Waals surface area contributed by atoms with Crippen LogP contribution in [0.1, 0.15) is 40.5 Å². The summed E-state index contributed by atoms with van der Waals surface area (Å²) in [4.78, 5) is 0. The highest BCUT2D eigenvalue weighted by atomic mass is 14.4. The van der Waals surface area contributed by atoms with Gasteiger partial charge in [0.05, 0.1) is 6.07 Å². The van der Waals surface area contributed by atoms with Crippen LogP contribution in [0.2, 0.25) is 0 Å². The van der Waals surface area contributed by atoms with Crippen LogP contribution in [0.4, 0.5) is 0 Å². The van der Waals surface area contributed by atoms with Crippen molar-refractivity contribution in [1.29, 1.82) is 5.26 Å². The van der Waals surface area contributed by atoms with Crippen LogP contribution in [-0.2, 0) is 0 Å². The molecule has 1 nitrogen and oxygen atoms in total. The zero-order valence-electron chi connectivity index (χ0n) is 9.09. The SMILES string of the molecule is CC1=CCC(C)C(C)(C)C1CC#N. The van der Waals surface area contributed by atoms with Gasteiger partial charge < -0.3 is 0 Å². The van der Waals surface area contributed by atoms with E-state index in [-0.39, 0.29) is 5.41 Å². The third kappa shape index (κ3) is 1.77. The standard InChI is InChI=1S/C12H19N/c1-9-5-6-10(2)12(3,4)11(9)7-8-13/h5,10-11H,6-7H2,1-4H3. The summed E-state index contributed by atoms with van der Waals surface area (Å²) in [5, 5.41) is 8.78. The quantitative estimate of drug-likeness (QED) is 0.562. The maximum atomic E-state index is 8.78. The molecule has 0 saturated heterocycles. The monoisotopic (exact) mass is 177 g/mol. The lowest BCUT2D eigenvalue weighted by molar-refractivity contribution is 0.141. The number of rotatable bonds is 1. The van der Waals surface area contributed by atoms with Gasteiger partial charge in [0.1, 0.15) is 0 Å². The third-order valence-electron chi connectivity index (χ3n) is 3.81. The van der Waals surface area contributed by atoms with E-state index in [4.69, 9.17) is 5.26 Å². The highest BCUT2D eigenvalue weighted by molar-refractivity contribution is 5.15. The molecule has 1 heteroatoms. The minimum absolute atomic E-state index is 0.286. The van der Waals surface area contributed by atoms with E-state index in [0.717, 1.165) is 0 Å². The Labute approximate surface area is 81.5 Å². The van der Waals surface area contributed by atoms with Gasteiger partial charge in [-0.25, -0.2) is 0 Å². The van der Waals surface area contributed by atoms with E-state index in [0.29, 0.717) is 18.3 Å². The maximum absolute atomic E-state index is 8.78. The Kier molecular flexibility index (Phi) is 2.81. The van der Waals surface area contributed by atoms with Gasteiger partial charge in [0, 0.05) is 6.42 Å². The Bertz CT molecular complexity index is 255.